The van der Waals surface area contributed by atoms with Crippen molar-refractivity contribution in [3.05, 3.63) is 0 Å². The van der Waals surface area contributed by atoms with Crippen molar-refractivity contribution in [1.82, 2.24) is 15.1 Å². The number of piperidine rings is 2. The monoisotopic (exact) mass is 239 g/mol. The zero-order valence-electron chi connectivity index (χ0n) is 11.6. The van der Waals surface area contributed by atoms with Gasteiger partial charge in [-0.05, 0) is 65.8 Å². The highest BCUT2D eigenvalue weighted by Crippen LogP contribution is 2.11. The van der Waals surface area contributed by atoms with Crippen LogP contribution < -0.4 is 5.32 Å². The Kier molecular flexibility index (Phi) is 5.26. The number of hydrogen-bond donors (Lipinski definition) is 1. The lowest BCUT2D eigenvalue weighted by Gasteiger charge is -2.34. The minimum absolute atomic E-state index is 0.654. The summed E-state index contributed by atoms with van der Waals surface area (Å²) in [6, 6.07) is 1.41. The van der Waals surface area contributed by atoms with Crippen LogP contribution in [0.1, 0.15) is 39.0 Å². The first kappa shape index (κ1) is 13.3. The van der Waals surface area contributed by atoms with Gasteiger partial charge in [-0.2, -0.15) is 0 Å². The number of hydrogen-bond acceptors (Lipinski definition) is 3. The normalized spacial score (nSPS) is 27.2. The molecule has 0 amide bonds. The van der Waals surface area contributed by atoms with Crippen molar-refractivity contribution < 1.29 is 0 Å². The average molecular weight is 239 g/mol. The van der Waals surface area contributed by atoms with Gasteiger partial charge in [-0.15, -0.1) is 0 Å². The lowest BCUT2D eigenvalue weighted by Crippen LogP contribution is -2.48. The fourth-order valence-corrected chi connectivity index (χ4v) is 3.16. The molecule has 0 bridgehead atoms. The third kappa shape index (κ3) is 4.57. The van der Waals surface area contributed by atoms with Gasteiger partial charge in [0.2, 0.25) is 0 Å². The Bertz CT molecular complexity index is 206. The molecule has 3 nitrogen and oxygen atoms in total. The highest BCUT2D eigenvalue weighted by Gasteiger charge is 2.19. The van der Waals surface area contributed by atoms with E-state index in [1.807, 2.05) is 0 Å². The molecule has 1 atom stereocenters. The molecule has 2 heterocycles. The summed E-state index contributed by atoms with van der Waals surface area (Å²) in [7, 11) is 2.23. The van der Waals surface area contributed by atoms with E-state index >= 15 is 0 Å². The Morgan fingerprint density at radius 1 is 1.06 bits per heavy atom. The van der Waals surface area contributed by atoms with E-state index in [4.69, 9.17) is 0 Å². The van der Waals surface area contributed by atoms with Crippen LogP contribution in [-0.2, 0) is 0 Å². The first-order valence-corrected chi connectivity index (χ1v) is 7.41. The highest BCUT2D eigenvalue weighted by atomic mass is 15.2. The summed E-state index contributed by atoms with van der Waals surface area (Å²) in [6.45, 7) is 8.75. The standard InChI is InChI=1S/C14H29N3/c1-13(12-17-8-4-3-5-9-17)15-14-6-10-16(2)11-7-14/h13-15H,3-12H2,1-2H3. The molecular formula is C14H29N3. The number of likely N-dealkylation sites (tertiary alicyclic amines) is 2. The maximum atomic E-state index is 3.82. The molecule has 1 unspecified atom stereocenters. The first-order valence-electron chi connectivity index (χ1n) is 7.41. The summed E-state index contributed by atoms with van der Waals surface area (Å²) in [5, 5.41) is 3.82. The van der Waals surface area contributed by atoms with Gasteiger partial charge in [0.1, 0.15) is 0 Å². The van der Waals surface area contributed by atoms with E-state index < -0.39 is 0 Å². The minimum atomic E-state index is 0.654. The quantitative estimate of drug-likeness (QED) is 0.803. The molecule has 0 aliphatic carbocycles. The van der Waals surface area contributed by atoms with E-state index in [0.29, 0.717) is 6.04 Å². The van der Waals surface area contributed by atoms with Crippen LogP contribution in [0.15, 0.2) is 0 Å². The van der Waals surface area contributed by atoms with Crippen LogP contribution in [0, 0.1) is 0 Å². The number of rotatable bonds is 4. The fraction of sp³-hybridized carbons (Fsp3) is 1.00. The zero-order valence-corrected chi connectivity index (χ0v) is 11.6. The molecule has 0 spiro atoms. The molecule has 2 rings (SSSR count). The molecule has 2 fully saturated rings. The molecule has 17 heavy (non-hydrogen) atoms. The van der Waals surface area contributed by atoms with Crippen molar-refractivity contribution in [1.29, 1.82) is 0 Å². The molecule has 0 aromatic carbocycles. The predicted octanol–water partition coefficient (Wildman–Crippen LogP) is 1.54. The molecule has 3 heteroatoms. The average Bonchev–Trinajstić information content (AvgIpc) is 2.33. The summed E-state index contributed by atoms with van der Waals surface area (Å²) in [5.74, 6) is 0. The van der Waals surface area contributed by atoms with Gasteiger partial charge in [0.05, 0.1) is 0 Å². The second kappa shape index (κ2) is 6.72. The largest absolute Gasteiger partial charge is 0.310 e. The highest BCUT2D eigenvalue weighted by molar-refractivity contribution is 4.80. The Hall–Kier alpha value is -0.120. The third-order valence-electron chi connectivity index (χ3n) is 4.22. The van der Waals surface area contributed by atoms with E-state index in [1.54, 1.807) is 0 Å². The Morgan fingerprint density at radius 2 is 1.71 bits per heavy atom. The summed E-state index contributed by atoms with van der Waals surface area (Å²) in [4.78, 5) is 5.07. The van der Waals surface area contributed by atoms with E-state index in [1.165, 1.54) is 64.8 Å². The Balaban J connectivity index is 1.64. The topological polar surface area (TPSA) is 18.5 Å². The molecule has 0 radical (unpaired) electrons. The maximum absolute atomic E-state index is 3.82. The number of nitrogens with zero attached hydrogens (tertiary/aromatic N) is 2. The summed E-state index contributed by atoms with van der Waals surface area (Å²) in [5.41, 5.74) is 0. The molecule has 2 aliphatic rings. The van der Waals surface area contributed by atoms with Crippen LogP contribution in [0.2, 0.25) is 0 Å². The lowest BCUT2D eigenvalue weighted by molar-refractivity contribution is 0.184. The second-order valence-electron chi connectivity index (χ2n) is 6.01. The molecule has 0 aromatic heterocycles. The lowest BCUT2D eigenvalue weighted by atomic mass is 10.0. The van der Waals surface area contributed by atoms with E-state index in [-0.39, 0.29) is 0 Å². The summed E-state index contributed by atoms with van der Waals surface area (Å²) >= 11 is 0. The summed E-state index contributed by atoms with van der Waals surface area (Å²) in [6.07, 6.45) is 6.89. The predicted molar refractivity (Wildman–Crippen MR) is 73.4 cm³/mol. The molecule has 0 saturated carbocycles. The van der Waals surface area contributed by atoms with Gasteiger partial charge in [-0.25, -0.2) is 0 Å². The van der Waals surface area contributed by atoms with E-state index in [2.05, 4.69) is 29.1 Å². The summed E-state index contributed by atoms with van der Waals surface area (Å²) < 4.78 is 0. The van der Waals surface area contributed by atoms with Crippen molar-refractivity contribution in [2.45, 2.75) is 51.1 Å². The van der Waals surface area contributed by atoms with Gasteiger partial charge >= 0.3 is 0 Å². The Morgan fingerprint density at radius 3 is 2.35 bits per heavy atom. The van der Waals surface area contributed by atoms with Crippen molar-refractivity contribution >= 4 is 0 Å². The van der Waals surface area contributed by atoms with Gasteiger partial charge in [0.15, 0.2) is 0 Å². The van der Waals surface area contributed by atoms with Gasteiger partial charge in [0.25, 0.3) is 0 Å². The maximum Gasteiger partial charge on any atom is 0.0169 e. The molecular weight excluding hydrogens is 210 g/mol. The fourth-order valence-electron chi connectivity index (χ4n) is 3.16. The van der Waals surface area contributed by atoms with E-state index in [0.717, 1.165) is 6.04 Å². The van der Waals surface area contributed by atoms with Crippen LogP contribution in [0.25, 0.3) is 0 Å². The van der Waals surface area contributed by atoms with Crippen LogP contribution in [0.5, 0.6) is 0 Å². The van der Waals surface area contributed by atoms with Crippen LogP contribution in [0.3, 0.4) is 0 Å². The molecule has 100 valence electrons. The van der Waals surface area contributed by atoms with Crippen molar-refractivity contribution in [3.8, 4) is 0 Å². The van der Waals surface area contributed by atoms with Gasteiger partial charge < -0.3 is 15.1 Å². The molecule has 2 aliphatic heterocycles. The molecule has 1 N–H and O–H groups in total. The SMILES string of the molecule is CC(CN1CCCCC1)NC1CCN(C)CC1. The van der Waals surface area contributed by atoms with Crippen molar-refractivity contribution in [3.63, 3.8) is 0 Å². The smallest absolute Gasteiger partial charge is 0.0169 e. The minimum Gasteiger partial charge on any atom is -0.310 e. The zero-order chi connectivity index (χ0) is 12.1. The van der Waals surface area contributed by atoms with Crippen LogP contribution >= 0.6 is 0 Å². The number of nitrogens with one attached hydrogen (secondary N) is 1. The van der Waals surface area contributed by atoms with Crippen LogP contribution in [-0.4, -0.2) is 61.7 Å². The van der Waals surface area contributed by atoms with Crippen molar-refractivity contribution in [2.24, 2.45) is 0 Å². The van der Waals surface area contributed by atoms with Gasteiger partial charge in [-0.3, -0.25) is 0 Å². The first-order chi connectivity index (χ1) is 8.24. The van der Waals surface area contributed by atoms with Gasteiger partial charge in [-0.1, -0.05) is 6.42 Å². The van der Waals surface area contributed by atoms with Crippen LogP contribution in [0.4, 0.5) is 0 Å². The molecule has 0 aromatic rings. The second-order valence-corrected chi connectivity index (χ2v) is 6.01. The van der Waals surface area contributed by atoms with Gasteiger partial charge in [0, 0.05) is 18.6 Å². The third-order valence-corrected chi connectivity index (χ3v) is 4.22. The van der Waals surface area contributed by atoms with E-state index in [9.17, 15) is 0 Å². The van der Waals surface area contributed by atoms with Crippen molar-refractivity contribution in [2.75, 3.05) is 39.8 Å². The molecule has 2 saturated heterocycles. The Labute approximate surface area is 107 Å².